The molecule has 0 amide bonds. The molecule has 1 aromatic carbocycles. The molecule has 0 bridgehead atoms. The van der Waals surface area contributed by atoms with E-state index in [-0.39, 0.29) is 6.61 Å². The van der Waals surface area contributed by atoms with Crippen LogP contribution in [-0.2, 0) is 13.1 Å². The Morgan fingerprint density at radius 2 is 2.00 bits per heavy atom. The maximum absolute atomic E-state index is 10.1. The van der Waals surface area contributed by atoms with Crippen molar-refractivity contribution in [3.63, 3.8) is 0 Å². The molecular weight excluding hydrogens is 490 g/mol. The minimum Gasteiger partial charge on any atom is -0.491 e. The van der Waals surface area contributed by atoms with Gasteiger partial charge in [0.2, 0.25) is 0 Å². The third kappa shape index (κ3) is 5.04. The Morgan fingerprint density at radius 1 is 1.16 bits per heavy atom. The van der Waals surface area contributed by atoms with E-state index in [1.54, 1.807) is 12.1 Å². The van der Waals surface area contributed by atoms with Gasteiger partial charge in [0, 0.05) is 23.9 Å². The number of fused-ring (bicyclic) bond motifs is 1. The molecule has 1 atom stereocenters. The summed E-state index contributed by atoms with van der Waals surface area (Å²) in [6, 6.07) is 9.44. The smallest absolute Gasteiger partial charge is 0.163 e. The van der Waals surface area contributed by atoms with Gasteiger partial charge in [0.15, 0.2) is 5.82 Å². The minimum absolute atomic E-state index is 0.207. The Labute approximate surface area is 221 Å². The SMILES string of the molecule is CCC[C@@H](O)COc1ccc(Cl)c(-c2nc(-c3c(C)noc3C)c(C)c(N3Cc4cccnc4C3)n2)c1. The molecule has 4 heterocycles. The van der Waals surface area contributed by atoms with Crippen LogP contribution in [0.5, 0.6) is 5.75 Å². The van der Waals surface area contributed by atoms with Gasteiger partial charge in [-0.2, -0.15) is 0 Å². The summed E-state index contributed by atoms with van der Waals surface area (Å²) in [5.74, 6) is 2.57. The van der Waals surface area contributed by atoms with Gasteiger partial charge in [-0.1, -0.05) is 36.2 Å². The van der Waals surface area contributed by atoms with Crippen molar-refractivity contribution >= 4 is 17.4 Å². The molecule has 192 valence electrons. The number of aromatic nitrogens is 4. The highest BCUT2D eigenvalue weighted by Gasteiger charge is 2.27. The summed E-state index contributed by atoms with van der Waals surface area (Å²) in [7, 11) is 0. The lowest BCUT2D eigenvalue weighted by molar-refractivity contribution is 0.0994. The maximum Gasteiger partial charge on any atom is 0.163 e. The number of pyridine rings is 1. The molecule has 9 heteroatoms. The summed E-state index contributed by atoms with van der Waals surface area (Å²) in [4.78, 5) is 16.7. The number of benzene rings is 1. The molecule has 0 saturated carbocycles. The number of hydrogen-bond acceptors (Lipinski definition) is 8. The van der Waals surface area contributed by atoms with Crippen LogP contribution < -0.4 is 9.64 Å². The van der Waals surface area contributed by atoms with Crippen molar-refractivity contribution in [1.82, 2.24) is 20.1 Å². The number of rotatable bonds is 8. The largest absolute Gasteiger partial charge is 0.491 e. The first-order valence-corrected chi connectivity index (χ1v) is 12.8. The summed E-state index contributed by atoms with van der Waals surface area (Å²) in [6.45, 7) is 9.40. The number of aryl methyl sites for hydroxylation is 2. The van der Waals surface area contributed by atoms with Crippen molar-refractivity contribution in [1.29, 1.82) is 0 Å². The first-order valence-electron chi connectivity index (χ1n) is 12.5. The molecule has 0 aliphatic carbocycles. The zero-order valence-electron chi connectivity index (χ0n) is 21.5. The number of aliphatic hydroxyl groups is 1. The van der Waals surface area contributed by atoms with Gasteiger partial charge in [-0.05, 0) is 57.0 Å². The second-order valence-corrected chi connectivity index (χ2v) is 9.81. The number of halogens is 1. The van der Waals surface area contributed by atoms with Crippen LogP contribution in [-0.4, -0.2) is 37.9 Å². The molecule has 3 aromatic heterocycles. The first kappa shape index (κ1) is 25.2. The van der Waals surface area contributed by atoms with E-state index in [0.29, 0.717) is 47.4 Å². The van der Waals surface area contributed by atoms with E-state index in [2.05, 4.69) is 21.1 Å². The number of nitrogens with zero attached hydrogens (tertiary/aromatic N) is 5. The van der Waals surface area contributed by atoms with Crippen molar-refractivity contribution in [2.75, 3.05) is 11.5 Å². The van der Waals surface area contributed by atoms with Gasteiger partial charge in [-0.3, -0.25) is 4.98 Å². The van der Waals surface area contributed by atoms with Gasteiger partial charge in [0.25, 0.3) is 0 Å². The topological polar surface area (TPSA) is 97.4 Å². The Bertz CT molecular complexity index is 1390. The summed E-state index contributed by atoms with van der Waals surface area (Å²) < 4.78 is 11.3. The lowest BCUT2D eigenvalue weighted by Gasteiger charge is -2.22. The fourth-order valence-electron chi connectivity index (χ4n) is 4.72. The van der Waals surface area contributed by atoms with Crippen molar-refractivity contribution in [2.24, 2.45) is 0 Å². The minimum atomic E-state index is -0.525. The number of aliphatic hydroxyl groups excluding tert-OH is 1. The average molecular weight is 520 g/mol. The average Bonchev–Trinajstić information content (AvgIpc) is 3.46. The van der Waals surface area contributed by atoms with Crippen LogP contribution in [0.25, 0.3) is 22.6 Å². The van der Waals surface area contributed by atoms with Crippen LogP contribution >= 0.6 is 11.6 Å². The van der Waals surface area contributed by atoms with Crippen LogP contribution in [0.15, 0.2) is 41.1 Å². The number of anilines is 1. The van der Waals surface area contributed by atoms with Gasteiger partial charge < -0.3 is 19.3 Å². The van der Waals surface area contributed by atoms with E-state index in [1.807, 2.05) is 46.0 Å². The molecule has 1 aliphatic heterocycles. The van der Waals surface area contributed by atoms with Gasteiger partial charge in [0.1, 0.15) is 23.9 Å². The van der Waals surface area contributed by atoms with Crippen LogP contribution in [0.3, 0.4) is 0 Å². The predicted octanol–water partition coefficient (Wildman–Crippen LogP) is 5.83. The predicted molar refractivity (Wildman–Crippen MR) is 143 cm³/mol. The fraction of sp³-hybridized carbons (Fsp3) is 0.357. The molecular formula is C28H30ClN5O3. The van der Waals surface area contributed by atoms with Crippen LogP contribution in [0.2, 0.25) is 5.02 Å². The zero-order valence-corrected chi connectivity index (χ0v) is 22.2. The molecule has 1 N–H and O–H groups in total. The number of ether oxygens (including phenoxy) is 1. The van der Waals surface area contributed by atoms with Gasteiger partial charge >= 0.3 is 0 Å². The van der Waals surface area contributed by atoms with E-state index in [9.17, 15) is 5.11 Å². The first-order chi connectivity index (χ1) is 17.9. The highest BCUT2D eigenvalue weighted by Crippen LogP contribution is 2.38. The molecule has 0 radical (unpaired) electrons. The molecule has 4 aromatic rings. The molecule has 5 rings (SSSR count). The lowest BCUT2D eigenvalue weighted by Crippen LogP contribution is -2.19. The Balaban J connectivity index is 1.60. The van der Waals surface area contributed by atoms with Gasteiger partial charge in [0.05, 0.1) is 40.3 Å². The highest BCUT2D eigenvalue weighted by atomic mass is 35.5. The van der Waals surface area contributed by atoms with Gasteiger partial charge in [-0.25, -0.2) is 9.97 Å². The Kier molecular flexibility index (Phi) is 7.13. The Hall–Kier alpha value is -3.49. The monoisotopic (exact) mass is 519 g/mol. The fourth-order valence-corrected chi connectivity index (χ4v) is 4.92. The van der Waals surface area contributed by atoms with E-state index in [0.717, 1.165) is 40.4 Å². The molecule has 0 saturated heterocycles. The normalized spacial score (nSPS) is 13.6. The van der Waals surface area contributed by atoms with E-state index in [4.69, 9.17) is 30.8 Å². The standard InChI is InChI=1S/C28H30ClN5O3/c1-5-7-20(35)15-36-21-9-10-23(29)22(12-21)27-31-26(25-17(3)33-37-18(25)4)16(2)28(32-27)34-13-19-8-6-11-30-24(19)14-34/h6,8-12,20,35H,5,7,13-15H2,1-4H3/t20-/m1/s1. The van der Waals surface area contributed by atoms with Gasteiger partial charge in [-0.15, -0.1) is 0 Å². The van der Waals surface area contributed by atoms with Crippen LogP contribution in [0, 0.1) is 20.8 Å². The quantitative estimate of drug-likeness (QED) is 0.310. The maximum atomic E-state index is 10.1. The second-order valence-electron chi connectivity index (χ2n) is 9.40. The lowest BCUT2D eigenvalue weighted by atomic mass is 10.0. The van der Waals surface area contributed by atoms with E-state index < -0.39 is 6.10 Å². The molecule has 1 aliphatic rings. The summed E-state index contributed by atoms with van der Waals surface area (Å²) in [6.07, 6.45) is 2.86. The van der Waals surface area contributed by atoms with E-state index in [1.165, 1.54) is 5.56 Å². The molecule has 0 unspecified atom stereocenters. The Morgan fingerprint density at radius 3 is 2.73 bits per heavy atom. The number of hydrogen-bond donors (Lipinski definition) is 1. The molecule has 8 nitrogen and oxygen atoms in total. The van der Waals surface area contributed by atoms with Crippen LogP contribution in [0.1, 0.15) is 48.0 Å². The zero-order chi connectivity index (χ0) is 26.1. The molecule has 0 fully saturated rings. The molecule has 0 spiro atoms. The summed E-state index contributed by atoms with van der Waals surface area (Å²) in [5, 5.41) is 14.8. The van der Waals surface area contributed by atoms with Crippen molar-refractivity contribution in [3.05, 3.63) is 69.8 Å². The third-order valence-electron chi connectivity index (χ3n) is 6.62. The summed E-state index contributed by atoms with van der Waals surface area (Å²) >= 11 is 6.67. The van der Waals surface area contributed by atoms with Crippen molar-refractivity contribution in [3.8, 4) is 28.4 Å². The van der Waals surface area contributed by atoms with Crippen molar-refractivity contribution < 1.29 is 14.4 Å². The summed E-state index contributed by atoms with van der Waals surface area (Å²) in [5.41, 5.74) is 6.16. The molecule has 37 heavy (non-hydrogen) atoms. The van der Waals surface area contributed by atoms with E-state index >= 15 is 0 Å². The van der Waals surface area contributed by atoms with Crippen molar-refractivity contribution in [2.45, 2.75) is 59.7 Å². The second kappa shape index (κ2) is 10.5. The van der Waals surface area contributed by atoms with Crippen LogP contribution in [0.4, 0.5) is 5.82 Å². The third-order valence-corrected chi connectivity index (χ3v) is 6.95. The highest BCUT2D eigenvalue weighted by molar-refractivity contribution is 6.33.